The van der Waals surface area contributed by atoms with Crippen LogP contribution in [0.3, 0.4) is 0 Å². The highest BCUT2D eigenvalue weighted by atomic mass is 127. The maximum absolute atomic E-state index is 12.4. The predicted molar refractivity (Wildman–Crippen MR) is 70.6 cm³/mol. The number of ether oxygens (including phenoxy) is 1. The van der Waals surface area contributed by atoms with E-state index in [0.29, 0.717) is 22.3 Å². The maximum Gasteiger partial charge on any atom is 0.417 e. The van der Waals surface area contributed by atoms with E-state index in [1.54, 1.807) is 6.92 Å². The number of fused-ring (bicyclic) bond motifs is 1. The van der Waals surface area contributed by atoms with Gasteiger partial charge in [0.25, 0.3) is 6.47 Å². The highest BCUT2D eigenvalue weighted by Crippen LogP contribution is 2.30. The first-order valence-corrected chi connectivity index (χ1v) is 6.22. The molecule has 0 radical (unpaired) electrons. The van der Waals surface area contributed by atoms with Crippen molar-refractivity contribution in [3.63, 3.8) is 0 Å². The van der Waals surface area contributed by atoms with E-state index in [1.807, 2.05) is 22.6 Å². The van der Waals surface area contributed by atoms with Gasteiger partial charge in [0, 0.05) is 18.6 Å². The number of pyridine rings is 1. The average molecular weight is 386 g/mol. The normalized spacial score (nSPS) is 10.8. The van der Waals surface area contributed by atoms with Crippen molar-refractivity contribution in [2.75, 3.05) is 6.61 Å². The molecule has 0 atom stereocenters. The monoisotopic (exact) mass is 386 g/mol. The zero-order valence-corrected chi connectivity index (χ0v) is 12.0. The number of rotatable bonds is 2. The van der Waals surface area contributed by atoms with Gasteiger partial charge in [-0.2, -0.15) is 13.2 Å². The van der Waals surface area contributed by atoms with E-state index in [9.17, 15) is 18.0 Å². The van der Waals surface area contributed by atoms with Crippen LogP contribution in [0.1, 0.15) is 12.5 Å². The SMILES string of the molecule is CCOC=O.FC(F)(F)c1cc(I)c2nccn2c1. The summed E-state index contributed by atoms with van der Waals surface area (Å²) >= 11 is 1.84. The fourth-order valence-electron chi connectivity index (χ4n) is 1.21. The summed E-state index contributed by atoms with van der Waals surface area (Å²) in [5.74, 6) is 0. The van der Waals surface area contributed by atoms with Crippen molar-refractivity contribution in [3.8, 4) is 0 Å². The highest BCUT2D eigenvalue weighted by Gasteiger charge is 2.31. The van der Waals surface area contributed by atoms with E-state index in [1.165, 1.54) is 16.8 Å². The highest BCUT2D eigenvalue weighted by molar-refractivity contribution is 14.1. The lowest BCUT2D eigenvalue weighted by atomic mass is 10.3. The molecule has 0 aliphatic rings. The second kappa shape index (κ2) is 6.73. The lowest BCUT2D eigenvalue weighted by molar-refractivity contribution is -0.138. The number of aromatic nitrogens is 2. The summed E-state index contributed by atoms with van der Waals surface area (Å²) in [4.78, 5) is 13.1. The summed E-state index contributed by atoms with van der Waals surface area (Å²) in [5, 5.41) is 0. The van der Waals surface area contributed by atoms with Gasteiger partial charge in [-0.1, -0.05) is 0 Å². The Balaban J connectivity index is 0.000000312. The predicted octanol–water partition coefficient (Wildman–Crippen LogP) is 3.14. The van der Waals surface area contributed by atoms with Crippen LogP contribution in [-0.4, -0.2) is 22.5 Å². The van der Waals surface area contributed by atoms with Gasteiger partial charge < -0.3 is 9.14 Å². The van der Waals surface area contributed by atoms with Crippen LogP contribution in [0.5, 0.6) is 0 Å². The molecule has 0 aromatic carbocycles. The molecule has 4 nitrogen and oxygen atoms in total. The largest absolute Gasteiger partial charge is 0.468 e. The summed E-state index contributed by atoms with van der Waals surface area (Å²) in [6.07, 6.45) is -0.312. The molecule has 2 aromatic rings. The number of hydrogen-bond donors (Lipinski definition) is 0. The van der Waals surface area contributed by atoms with Crippen molar-refractivity contribution in [2.45, 2.75) is 13.1 Å². The Hall–Kier alpha value is -1.32. The lowest BCUT2D eigenvalue weighted by Crippen LogP contribution is -2.07. The molecule has 0 fully saturated rings. The Morgan fingerprint density at radius 1 is 1.53 bits per heavy atom. The van der Waals surface area contributed by atoms with Gasteiger partial charge in [-0.3, -0.25) is 4.79 Å². The van der Waals surface area contributed by atoms with Crippen LogP contribution in [-0.2, 0) is 15.7 Å². The van der Waals surface area contributed by atoms with Crippen molar-refractivity contribution >= 4 is 34.7 Å². The van der Waals surface area contributed by atoms with E-state index in [2.05, 4.69) is 9.72 Å². The van der Waals surface area contributed by atoms with Crippen LogP contribution in [0, 0.1) is 3.57 Å². The van der Waals surface area contributed by atoms with Gasteiger partial charge in [-0.15, -0.1) is 0 Å². The quantitative estimate of drug-likeness (QED) is 0.589. The minimum Gasteiger partial charge on any atom is -0.468 e. The zero-order chi connectivity index (χ0) is 14.5. The molecule has 0 aliphatic carbocycles. The number of nitrogens with zero attached hydrogens (tertiary/aromatic N) is 2. The Morgan fingerprint density at radius 3 is 2.68 bits per heavy atom. The molecule has 19 heavy (non-hydrogen) atoms. The van der Waals surface area contributed by atoms with Crippen molar-refractivity contribution in [1.29, 1.82) is 0 Å². The molecule has 0 saturated carbocycles. The summed E-state index contributed by atoms with van der Waals surface area (Å²) in [6.45, 7) is 2.66. The van der Waals surface area contributed by atoms with Gasteiger partial charge in [-0.25, -0.2) is 4.98 Å². The molecule has 0 saturated heterocycles. The van der Waals surface area contributed by atoms with Crippen molar-refractivity contribution in [3.05, 3.63) is 33.8 Å². The smallest absolute Gasteiger partial charge is 0.417 e. The average Bonchev–Trinajstić information content (AvgIpc) is 2.78. The van der Waals surface area contributed by atoms with Gasteiger partial charge in [0.15, 0.2) is 0 Å². The van der Waals surface area contributed by atoms with E-state index in [0.717, 1.165) is 12.3 Å². The van der Waals surface area contributed by atoms with E-state index in [4.69, 9.17) is 0 Å². The summed E-state index contributed by atoms with van der Waals surface area (Å²) in [7, 11) is 0. The standard InChI is InChI=1S/C8H4F3IN2.C3H6O2/c9-8(10,11)5-3-6(12)7-13-1-2-14(7)4-5;1-2-5-3-4/h1-4H;3H,2H2,1H3. The Labute approximate surface area is 120 Å². The first-order chi connectivity index (χ1) is 8.90. The molecule has 8 heteroatoms. The van der Waals surface area contributed by atoms with Crippen LogP contribution < -0.4 is 0 Å². The number of imidazole rings is 1. The molecular formula is C11H10F3IN2O2. The second-order valence-corrected chi connectivity index (χ2v) is 4.45. The second-order valence-electron chi connectivity index (χ2n) is 3.28. The first kappa shape index (κ1) is 15.7. The van der Waals surface area contributed by atoms with Crippen molar-refractivity contribution in [1.82, 2.24) is 9.38 Å². The number of carbonyl (C=O) groups is 1. The molecule has 2 heterocycles. The third kappa shape index (κ3) is 4.37. The fraction of sp³-hybridized carbons (Fsp3) is 0.273. The Morgan fingerprint density at radius 2 is 2.21 bits per heavy atom. The number of carbonyl (C=O) groups excluding carboxylic acids is 1. The molecule has 0 bridgehead atoms. The van der Waals surface area contributed by atoms with Crippen molar-refractivity contribution < 1.29 is 22.7 Å². The zero-order valence-electron chi connectivity index (χ0n) is 9.82. The van der Waals surface area contributed by atoms with Crippen molar-refractivity contribution in [2.24, 2.45) is 0 Å². The van der Waals surface area contributed by atoms with Crippen LogP contribution in [0.2, 0.25) is 0 Å². The molecule has 0 N–H and O–H groups in total. The number of alkyl halides is 3. The summed E-state index contributed by atoms with van der Waals surface area (Å²) in [6, 6.07) is 1.09. The third-order valence-electron chi connectivity index (χ3n) is 2.00. The van der Waals surface area contributed by atoms with Gasteiger partial charge in [0.05, 0.1) is 15.7 Å². The van der Waals surface area contributed by atoms with E-state index in [-0.39, 0.29) is 0 Å². The van der Waals surface area contributed by atoms with Gasteiger partial charge >= 0.3 is 6.18 Å². The minimum absolute atomic E-state index is 0.431. The molecule has 2 rings (SSSR count). The van der Waals surface area contributed by atoms with Gasteiger partial charge in [0.2, 0.25) is 0 Å². The topological polar surface area (TPSA) is 43.6 Å². The number of halogens is 4. The minimum atomic E-state index is -4.31. The summed E-state index contributed by atoms with van der Waals surface area (Å²) < 4.78 is 43.1. The van der Waals surface area contributed by atoms with Crippen LogP contribution in [0.25, 0.3) is 5.65 Å². The van der Waals surface area contributed by atoms with Gasteiger partial charge in [-0.05, 0) is 35.6 Å². The lowest BCUT2D eigenvalue weighted by Gasteiger charge is -2.07. The molecule has 2 aromatic heterocycles. The molecule has 0 unspecified atom stereocenters. The maximum atomic E-state index is 12.4. The van der Waals surface area contributed by atoms with Crippen LogP contribution >= 0.6 is 22.6 Å². The number of hydrogen-bond acceptors (Lipinski definition) is 3. The Kier molecular flexibility index (Phi) is 5.58. The summed E-state index contributed by atoms with van der Waals surface area (Å²) in [5.41, 5.74) is -0.119. The van der Waals surface area contributed by atoms with E-state index < -0.39 is 11.7 Å². The molecule has 0 amide bonds. The molecule has 0 aliphatic heterocycles. The van der Waals surface area contributed by atoms with E-state index >= 15 is 0 Å². The Bertz CT molecular complexity index is 554. The molecule has 0 spiro atoms. The van der Waals surface area contributed by atoms with Gasteiger partial charge in [0.1, 0.15) is 5.65 Å². The first-order valence-electron chi connectivity index (χ1n) is 5.14. The fourth-order valence-corrected chi connectivity index (χ4v) is 1.97. The van der Waals surface area contributed by atoms with Crippen LogP contribution in [0.4, 0.5) is 13.2 Å². The van der Waals surface area contributed by atoms with Crippen LogP contribution in [0.15, 0.2) is 24.7 Å². The molecular weight excluding hydrogens is 376 g/mol. The molecule has 104 valence electrons. The third-order valence-corrected chi connectivity index (χ3v) is 2.80.